The van der Waals surface area contributed by atoms with Crippen LogP contribution in [0.5, 0.6) is 0 Å². The van der Waals surface area contributed by atoms with E-state index in [1.54, 1.807) is 22.3 Å². The standard InChI is InChI=1S/C24H23ClN4O2S/c1-15(2)29(13-21-27-28-23(31-21)19-9-4-5-10-20(19)25)22(30)12-18-14-32-24(26-18)17-8-6-7-16(3)11-17/h4-11,14-15H,12-13H2,1-3H3. The predicted molar refractivity (Wildman–Crippen MR) is 126 cm³/mol. The summed E-state index contributed by atoms with van der Waals surface area (Å²) < 4.78 is 5.79. The highest BCUT2D eigenvalue weighted by Crippen LogP contribution is 2.27. The van der Waals surface area contributed by atoms with Crippen molar-refractivity contribution in [1.29, 1.82) is 0 Å². The van der Waals surface area contributed by atoms with Gasteiger partial charge in [-0.3, -0.25) is 4.79 Å². The molecule has 0 spiro atoms. The molecule has 8 heteroatoms. The van der Waals surface area contributed by atoms with Crippen LogP contribution in [0.4, 0.5) is 0 Å². The van der Waals surface area contributed by atoms with Gasteiger partial charge in [-0.15, -0.1) is 21.5 Å². The van der Waals surface area contributed by atoms with Crippen LogP contribution >= 0.6 is 22.9 Å². The van der Waals surface area contributed by atoms with Crippen molar-refractivity contribution in [3.63, 3.8) is 0 Å². The second kappa shape index (κ2) is 9.63. The first-order chi connectivity index (χ1) is 15.4. The van der Waals surface area contributed by atoms with Crippen LogP contribution in [-0.4, -0.2) is 32.0 Å². The van der Waals surface area contributed by atoms with Gasteiger partial charge in [-0.25, -0.2) is 4.98 Å². The van der Waals surface area contributed by atoms with Gasteiger partial charge in [0.15, 0.2) is 0 Å². The second-order valence-electron chi connectivity index (χ2n) is 7.79. The number of carbonyl (C=O) groups excluding carboxylic acids is 1. The van der Waals surface area contributed by atoms with Gasteiger partial charge in [0.25, 0.3) is 0 Å². The maximum absolute atomic E-state index is 13.1. The molecule has 1 amide bonds. The van der Waals surface area contributed by atoms with E-state index in [-0.39, 0.29) is 24.9 Å². The lowest BCUT2D eigenvalue weighted by atomic mass is 10.1. The van der Waals surface area contributed by atoms with Crippen molar-refractivity contribution in [2.24, 2.45) is 0 Å². The molecule has 0 aliphatic rings. The van der Waals surface area contributed by atoms with Crippen LogP contribution in [0.15, 0.2) is 58.3 Å². The van der Waals surface area contributed by atoms with Crippen LogP contribution in [0.2, 0.25) is 5.02 Å². The summed E-state index contributed by atoms with van der Waals surface area (Å²) in [6.45, 7) is 6.20. The molecule has 4 aromatic rings. The molecule has 0 bridgehead atoms. The molecular formula is C24H23ClN4O2S. The largest absolute Gasteiger partial charge is 0.419 e. The molecule has 0 aliphatic carbocycles. The first kappa shape index (κ1) is 22.2. The Bertz CT molecular complexity index is 1230. The van der Waals surface area contributed by atoms with Crippen LogP contribution in [0.25, 0.3) is 22.0 Å². The monoisotopic (exact) mass is 466 g/mol. The minimum Gasteiger partial charge on any atom is -0.419 e. The Morgan fingerprint density at radius 3 is 2.72 bits per heavy atom. The van der Waals surface area contributed by atoms with Crippen LogP contribution in [0.1, 0.15) is 31.0 Å². The molecule has 2 aromatic carbocycles. The molecule has 2 aromatic heterocycles. The van der Waals surface area contributed by atoms with Crippen molar-refractivity contribution < 1.29 is 9.21 Å². The Labute approximate surface area is 195 Å². The summed E-state index contributed by atoms with van der Waals surface area (Å²) in [5, 5.41) is 11.6. The third kappa shape index (κ3) is 5.06. The topological polar surface area (TPSA) is 72.1 Å². The van der Waals surface area contributed by atoms with E-state index in [4.69, 9.17) is 16.0 Å². The number of rotatable bonds is 7. The van der Waals surface area contributed by atoms with E-state index in [9.17, 15) is 4.79 Å². The third-order valence-electron chi connectivity index (χ3n) is 4.97. The number of hydrogen-bond acceptors (Lipinski definition) is 6. The number of nitrogens with zero attached hydrogens (tertiary/aromatic N) is 4. The van der Waals surface area contributed by atoms with E-state index < -0.39 is 0 Å². The summed E-state index contributed by atoms with van der Waals surface area (Å²) in [7, 11) is 0. The third-order valence-corrected chi connectivity index (χ3v) is 6.24. The first-order valence-electron chi connectivity index (χ1n) is 10.3. The van der Waals surface area contributed by atoms with Crippen LogP contribution in [0.3, 0.4) is 0 Å². The van der Waals surface area contributed by atoms with Crippen molar-refractivity contribution >= 4 is 28.8 Å². The SMILES string of the molecule is Cc1cccc(-c2nc(CC(=O)N(Cc3nnc(-c4ccccc4Cl)o3)C(C)C)cs2)c1. The number of amides is 1. The molecule has 0 N–H and O–H groups in total. The van der Waals surface area contributed by atoms with E-state index in [1.807, 2.05) is 49.6 Å². The fraction of sp³-hybridized carbons (Fsp3) is 0.250. The molecule has 2 heterocycles. The normalized spacial score (nSPS) is 11.2. The van der Waals surface area contributed by atoms with Gasteiger partial charge in [0.1, 0.15) is 5.01 Å². The number of aryl methyl sites for hydroxylation is 1. The Morgan fingerprint density at radius 1 is 1.16 bits per heavy atom. The van der Waals surface area contributed by atoms with Gasteiger partial charge in [-0.1, -0.05) is 47.5 Å². The summed E-state index contributed by atoms with van der Waals surface area (Å²) in [4.78, 5) is 19.5. The second-order valence-corrected chi connectivity index (χ2v) is 9.05. The van der Waals surface area contributed by atoms with E-state index in [1.165, 1.54) is 5.56 Å². The highest BCUT2D eigenvalue weighted by Gasteiger charge is 2.22. The van der Waals surface area contributed by atoms with Gasteiger partial charge in [-0.2, -0.15) is 0 Å². The average molecular weight is 467 g/mol. The molecule has 6 nitrogen and oxygen atoms in total. The summed E-state index contributed by atoms with van der Waals surface area (Å²) in [5.74, 6) is 0.656. The summed E-state index contributed by atoms with van der Waals surface area (Å²) in [6.07, 6.45) is 0.214. The molecule has 0 radical (unpaired) electrons. The number of thiazole rings is 1. The van der Waals surface area contributed by atoms with Gasteiger partial charge >= 0.3 is 0 Å². The number of hydrogen-bond donors (Lipinski definition) is 0. The molecular weight excluding hydrogens is 444 g/mol. The lowest BCUT2D eigenvalue weighted by molar-refractivity contribution is -0.133. The lowest BCUT2D eigenvalue weighted by Gasteiger charge is -2.24. The fourth-order valence-corrected chi connectivity index (χ4v) is 4.35. The minimum atomic E-state index is -0.0430. The molecule has 0 saturated carbocycles. The van der Waals surface area contributed by atoms with Crippen molar-refractivity contribution in [3.05, 3.63) is 76.1 Å². The average Bonchev–Trinajstić information content (AvgIpc) is 3.42. The van der Waals surface area contributed by atoms with E-state index >= 15 is 0 Å². The maximum Gasteiger partial charge on any atom is 0.249 e. The van der Waals surface area contributed by atoms with Gasteiger partial charge in [0.05, 0.1) is 29.2 Å². The molecule has 0 atom stereocenters. The molecule has 4 rings (SSSR count). The Kier molecular flexibility index (Phi) is 6.67. The molecule has 0 unspecified atom stereocenters. The molecule has 0 fully saturated rings. The van der Waals surface area contributed by atoms with Crippen molar-refractivity contribution in [1.82, 2.24) is 20.1 Å². The fourth-order valence-electron chi connectivity index (χ4n) is 3.32. The predicted octanol–water partition coefficient (Wildman–Crippen LogP) is 5.80. The van der Waals surface area contributed by atoms with Crippen LogP contribution < -0.4 is 0 Å². The lowest BCUT2D eigenvalue weighted by Crippen LogP contribution is -2.37. The smallest absolute Gasteiger partial charge is 0.249 e. The van der Waals surface area contributed by atoms with E-state index in [0.29, 0.717) is 22.4 Å². The number of benzene rings is 2. The highest BCUT2D eigenvalue weighted by atomic mass is 35.5. The van der Waals surface area contributed by atoms with Crippen molar-refractivity contribution in [2.45, 2.75) is 39.8 Å². The maximum atomic E-state index is 13.1. The molecule has 0 aliphatic heterocycles. The van der Waals surface area contributed by atoms with Crippen molar-refractivity contribution in [2.75, 3.05) is 0 Å². The zero-order valence-corrected chi connectivity index (χ0v) is 19.7. The Balaban J connectivity index is 1.47. The summed E-state index contributed by atoms with van der Waals surface area (Å²) in [5.41, 5.74) is 3.66. The highest BCUT2D eigenvalue weighted by molar-refractivity contribution is 7.13. The summed E-state index contributed by atoms with van der Waals surface area (Å²) in [6, 6.07) is 15.4. The van der Waals surface area contributed by atoms with Gasteiger partial charge in [0, 0.05) is 17.0 Å². The van der Waals surface area contributed by atoms with E-state index in [0.717, 1.165) is 16.3 Å². The number of aromatic nitrogens is 3. The molecule has 32 heavy (non-hydrogen) atoms. The van der Waals surface area contributed by atoms with Gasteiger partial charge in [0.2, 0.25) is 17.7 Å². The van der Waals surface area contributed by atoms with Gasteiger partial charge < -0.3 is 9.32 Å². The van der Waals surface area contributed by atoms with Crippen LogP contribution in [-0.2, 0) is 17.8 Å². The zero-order valence-electron chi connectivity index (χ0n) is 18.1. The molecule has 0 saturated heterocycles. The van der Waals surface area contributed by atoms with Crippen LogP contribution in [0, 0.1) is 6.92 Å². The number of halogens is 1. The van der Waals surface area contributed by atoms with Crippen molar-refractivity contribution in [3.8, 4) is 22.0 Å². The molecule has 164 valence electrons. The minimum absolute atomic E-state index is 0.0342. The Hall–Kier alpha value is -3.03. The van der Waals surface area contributed by atoms with E-state index in [2.05, 4.69) is 34.2 Å². The van der Waals surface area contributed by atoms with Gasteiger partial charge in [-0.05, 0) is 39.0 Å². The quantitative estimate of drug-likeness (QED) is 0.344. The first-order valence-corrected chi connectivity index (χ1v) is 11.5. The zero-order chi connectivity index (χ0) is 22.7. The summed E-state index contributed by atoms with van der Waals surface area (Å²) >= 11 is 7.77. The number of carbonyl (C=O) groups is 1. The Morgan fingerprint density at radius 2 is 1.97 bits per heavy atom.